The number of hydrogen-bond donors (Lipinski definition) is 0. The Balaban J connectivity index is 1.73. The Morgan fingerprint density at radius 3 is 2.58 bits per heavy atom. The van der Waals surface area contributed by atoms with E-state index in [0.717, 1.165) is 0 Å². The molecule has 0 aliphatic heterocycles. The maximum atomic E-state index is 10.7. The van der Waals surface area contributed by atoms with Gasteiger partial charge in [0.1, 0.15) is 12.0 Å². The predicted octanol–water partition coefficient (Wildman–Crippen LogP) is 5.09. The first kappa shape index (κ1) is 16.8. The van der Waals surface area contributed by atoms with Crippen LogP contribution >= 0.6 is 34.8 Å². The molecular formula is C16H9Cl3N2O3. The van der Waals surface area contributed by atoms with Crippen LogP contribution in [-0.2, 0) is 6.61 Å². The van der Waals surface area contributed by atoms with E-state index in [4.69, 9.17) is 44.0 Å². The minimum absolute atomic E-state index is 0.0262. The number of ether oxygens (including phenoxy) is 1. The monoisotopic (exact) mass is 382 g/mol. The number of rotatable bonds is 5. The van der Waals surface area contributed by atoms with Crippen LogP contribution in [0.5, 0.6) is 5.75 Å². The van der Waals surface area contributed by atoms with Crippen molar-refractivity contribution in [2.24, 2.45) is 0 Å². The summed E-state index contributed by atoms with van der Waals surface area (Å²) in [6, 6.07) is 9.67. The molecule has 0 amide bonds. The van der Waals surface area contributed by atoms with Crippen LogP contribution < -0.4 is 4.74 Å². The number of aldehydes is 1. The predicted molar refractivity (Wildman–Crippen MR) is 90.9 cm³/mol. The molecule has 0 aliphatic carbocycles. The van der Waals surface area contributed by atoms with Crippen molar-refractivity contribution in [2.45, 2.75) is 6.61 Å². The standard InChI is InChI=1S/C16H9Cl3N2O3/c17-10-2-3-11(12(18)6-10)16-21-20-15(24-16)8-23-14-4-1-9(7-22)5-13(14)19/h1-7H,8H2. The summed E-state index contributed by atoms with van der Waals surface area (Å²) >= 11 is 18.0. The summed E-state index contributed by atoms with van der Waals surface area (Å²) in [4.78, 5) is 10.7. The minimum atomic E-state index is 0.0262. The van der Waals surface area contributed by atoms with Crippen molar-refractivity contribution >= 4 is 41.1 Å². The van der Waals surface area contributed by atoms with Crippen LogP contribution in [0.3, 0.4) is 0 Å². The second-order valence-corrected chi connectivity index (χ2v) is 5.97. The molecule has 0 saturated carbocycles. The molecule has 0 atom stereocenters. The molecule has 0 spiro atoms. The summed E-state index contributed by atoms with van der Waals surface area (Å²) < 4.78 is 11.0. The lowest BCUT2D eigenvalue weighted by Crippen LogP contribution is -1.96. The summed E-state index contributed by atoms with van der Waals surface area (Å²) in [5.74, 6) is 0.927. The van der Waals surface area contributed by atoms with Gasteiger partial charge in [-0.2, -0.15) is 0 Å². The molecule has 1 aromatic heterocycles. The summed E-state index contributed by atoms with van der Waals surface area (Å²) in [6.07, 6.45) is 0.704. The molecule has 0 radical (unpaired) electrons. The van der Waals surface area contributed by atoms with Crippen molar-refractivity contribution in [2.75, 3.05) is 0 Å². The highest BCUT2D eigenvalue weighted by molar-refractivity contribution is 6.36. The molecule has 0 bridgehead atoms. The SMILES string of the molecule is O=Cc1ccc(OCc2nnc(-c3ccc(Cl)cc3Cl)o2)c(Cl)c1. The molecule has 3 aromatic rings. The molecule has 0 N–H and O–H groups in total. The average molecular weight is 384 g/mol. The van der Waals surface area contributed by atoms with E-state index in [0.29, 0.717) is 38.2 Å². The number of carbonyl (C=O) groups is 1. The molecule has 8 heteroatoms. The fourth-order valence-electron chi connectivity index (χ4n) is 1.93. The van der Waals surface area contributed by atoms with Crippen LogP contribution in [0, 0.1) is 0 Å². The highest BCUT2D eigenvalue weighted by Gasteiger charge is 2.13. The number of benzene rings is 2. The van der Waals surface area contributed by atoms with E-state index >= 15 is 0 Å². The zero-order valence-electron chi connectivity index (χ0n) is 12.0. The molecule has 1 heterocycles. The molecule has 0 aliphatic rings. The largest absolute Gasteiger partial charge is 0.482 e. The second kappa shape index (κ2) is 7.21. The third-order valence-electron chi connectivity index (χ3n) is 3.07. The van der Waals surface area contributed by atoms with Crippen LogP contribution in [0.2, 0.25) is 15.1 Å². The fraction of sp³-hybridized carbons (Fsp3) is 0.0625. The van der Waals surface area contributed by atoms with E-state index in [1.54, 1.807) is 30.3 Å². The first-order valence-corrected chi connectivity index (χ1v) is 7.85. The maximum absolute atomic E-state index is 10.7. The van der Waals surface area contributed by atoms with E-state index in [-0.39, 0.29) is 18.4 Å². The van der Waals surface area contributed by atoms with Gasteiger partial charge in [-0.1, -0.05) is 34.8 Å². The van der Waals surface area contributed by atoms with Gasteiger partial charge in [0.15, 0.2) is 6.61 Å². The molecule has 0 unspecified atom stereocenters. The minimum Gasteiger partial charge on any atom is -0.482 e. The van der Waals surface area contributed by atoms with Crippen molar-refractivity contribution in [1.29, 1.82) is 0 Å². The number of hydrogen-bond acceptors (Lipinski definition) is 5. The van der Waals surface area contributed by atoms with Gasteiger partial charge in [-0.25, -0.2) is 0 Å². The third-order valence-corrected chi connectivity index (χ3v) is 3.91. The first-order valence-electron chi connectivity index (χ1n) is 6.72. The van der Waals surface area contributed by atoms with Gasteiger partial charge in [-0.15, -0.1) is 10.2 Å². The molecular weight excluding hydrogens is 375 g/mol. The topological polar surface area (TPSA) is 65.2 Å². The molecule has 2 aromatic carbocycles. The van der Waals surface area contributed by atoms with Crippen LogP contribution in [0.15, 0.2) is 40.8 Å². The average Bonchev–Trinajstić information content (AvgIpc) is 3.02. The molecule has 0 fully saturated rings. The van der Waals surface area contributed by atoms with Crippen molar-refractivity contribution < 1.29 is 13.9 Å². The number of aromatic nitrogens is 2. The molecule has 122 valence electrons. The van der Waals surface area contributed by atoms with Crippen LogP contribution in [-0.4, -0.2) is 16.5 Å². The van der Waals surface area contributed by atoms with Gasteiger partial charge in [0.05, 0.1) is 15.6 Å². The van der Waals surface area contributed by atoms with E-state index in [1.807, 2.05) is 0 Å². The highest BCUT2D eigenvalue weighted by atomic mass is 35.5. The summed E-state index contributed by atoms with van der Waals surface area (Å²) in [6.45, 7) is 0.0262. The van der Waals surface area contributed by atoms with E-state index in [9.17, 15) is 4.79 Å². The highest BCUT2D eigenvalue weighted by Crippen LogP contribution is 2.30. The first-order chi connectivity index (χ1) is 11.6. The zero-order valence-corrected chi connectivity index (χ0v) is 14.3. The van der Waals surface area contributed by atoms with Gasteiger partial charge in [-0.3, -0.25) is 4.79 Å². The Hall–Kier alpha value is -2.08. The Morgan fingerprint density at radius 1 is 1.04 bits per heavy atom. The molecule has 3 rings (SSSR count). The van der Waals surface area contributed by atoms with Crippen molar-refractivity contribution in [3.63, 3.8) is 0 Å². The summed E-state index contributed by atoms with van der Waals surface area (Å²) in [7, 11) is 0. The van der Waals surface area contributed by atoms with E-state index in [1.165, 1.54) is 6.07 Å². The van der Waals surface area contributed by atoms with Crippen molar-refractivity contribution in [3.8, 4) is 17.2 Å². The number of nitrogens with zero attached hydrogens (tertiary/aromatic N) is 2. The van der Waals surface area contributed by atoms with Crippen LogP contribution in [0.4, 0.5) is 0 Å². The summed E-state index contributed by atoms with van der Waals surface area (Å²) in [5.41, 5.74) is 1.04. The molecule has 5 nitrogen and oxygen atoms in total. The van der Waals surface area contributed by atoms with E-state index in [2.05, 4.69) is 10.2 Å². The lowest BCUT2D eigenvalue weighted by molar-refractivity contribution is 0.112. The van der Waals surface area contributed by atoms with Gasteiger partial charge < -0.3 is 9.15 Å². The van der Waals surface area contributed by atoms with Crippen molar-refractivity contribution in [1.82, 2.24) is 10.2 Å². The Kier molecular flexibility index (Phi) is 5.04. The molecule has 0 saturated heterocycles. The van der Waals surface area contributed by atoms with Crippen LogP contribution in [0.1, 0.15) is 16.2 Å². The van der Waals surface area contributed by atoms with Crippen LogP contribution in [0.25, 0.3) is 11.5 Å². The van der Waals surface area contributed by atoms with Gasteiger partial charge in [0.25, 0.3) is 5.89 Å². The van der Waals surface area contributed by atoms with Gasteiger partial charge >= 0.3 is 0 Å². The zero-order chi connectivity index (χ0) is 17.1. The quantitative estimate of drug-likeness (QED) is 0.574. The number of halogens is 3. The lowest BCUT2D eigenvalue weighted by Gasteiger charge is -2.05. The fourth-order valence-corrected chi connectivity index (χ4v) is 2.66. The molecule has 24 heavy (non-hydrogen) atoms. The third kappa shape index (κ3) is 3.70. The maximum Gasteiger partial charge on any atom is 0.254 e. The van der Waals surface area contributed by atoms with Gasteiger partial charge in [-0.05, 0) is 36.4 Å². The summed E-state index contributed by atoms with van der Waals surface area (Å²) in [5, 5.41) is 9.08. The van der Waals surface area contributed by atoms with Gasteiger partial charge in [0.2, 0.25) is 5.89 Å². The Labute approximate surface area is 152 Å². The van der Waals surface area contributed by atoms with E-state index < -0.39 is 0 Å². The smallest absolute Gasteiger partial charge is 0.254 e. The van der Waals surface area contributed by atoms with Gasteiger partial charge in [0, 0.05) is 10.6 Å². The Morgan fingerprint density at radius 2 is 1.88 bits per heavy atom. The number of carbonyl (C=O) groups excluding carboxylic acids is 1. The second-order valence-electron chi connectivity index (χ2n) is 4.72. The Bertz CT molecular complexity index is 896. The lowest BCUT2D eigenvalue weighted by atomic mass is 10.2. The normalized spacial score (nSPS) is 10.6. The van der Waals surface area contributed by atoms with Crippen molar-refractivity contribution in [3.05, 3.63) is 62.9 Å².